The molecule has 2 aromatic rings. The number of nitrogens with zero attached hydrogens (tertiary/aromatic N) is 1. The molecule has 0 saturated heterocycles. The van der Waals surface area contributed by atoms with Crippen LogP contribution in [0.15, 0.2) is 47.5 Å². The first kappa shape index (κ1) is 14.3. The second-order valence-corrected chi connectivity index (χ2v) is 8.29. The van der Waals surface area contributed by atoms with Crippen molar-refractivity contribution in [3.05, 3.63) is 42.5 Å². The number of fused-ring (bicyclic) bond motifs is 1. The number of aliphatic imine (C=N–C) groups is 1. The van der Waals surface area contributed by atoms with Crippen molar-refractivity contribution >= 4 is 22.4 Å². The number of rotatable bonds is 2. The van der Waals surface area contributed by atoms with Crippen molar-refractivity contribution in [1.82, 2.24) is 0 Å². The van der Waals surface area contributed by atoms with Gasteiger partial charge >= 0.3 is 0 Å². The van der Waals surface area contributed by atoms with E-state index in [0.717, 1.165) is 23.4 Å². The number of benzene rings is 2. The van der Waals surface area contributed by atoms with Gasteiger partial charge in [0.05, 0.1) is 5.54 Å². The molecule has 0 heterocycles. The smallest absolute Gasteiger partial charge is 0.193 e. The van der Waals surface area contributed by atoms with Crippen molar-refractivity contribution in [2.75, 3.05) is 5.32 Å². The van der Waals surface area contributed by atoms with Crippen molar-refractivity contribution in [2.24, 2.45) is 28.5 Å². The SMILES string of the molecule is NC(=NC12CC3CC(CC(C3)C1)C2)Nc1cccc2ccccc12. The van der Waals surface area contributed by atoms with E-state index in [4.69, 9.17) is 10.7 Å². The quantitative estimate of drug-likeness (QED) is 0.631. The lowest BCUT2D eigenvalue weighted by Crippen LogP contribution is -2.50. The Bertz CT molecular complexity index is 767. The Balaban J connectivity index is 1.44. The van der Waals surface area contributed by atoms with E-state index in [-0.39, 0.29) is 5.54 Å². The highest BCUT2D eigenvalue weighted by molar-refractivity contribution is 6.02. The first-order chi connectivity index (χ1) is 11.7. The lowest BCUT2D eigenvalue weighted by Gasteiger charge is -2.54. The molecule has 2 aromatic carbocycles. The van der Waals surface area contributed by atoms with Gasteiger partial charge in [0.25, 0.3) is 0 Å². The zero-order chi connectivity index (χ0) is 16.1. The molecule has 0 unspecified atom stereocenters. The summed E-state index contributed by atoms with van der Waals surface area (Å²) in [6.07, 6.45) is 8.05. The van der Waals surface area contributed by atoms with Gasteiger partial charge in [-0.2, -0.15) is 0 Å². The van der Waals surface area contributed by atoms with Crippen molar-refractivity contribution in [1.29, 1.82) is 0 Å². The molecule has 24 heavy (non-hydrogen) atoms. The highest BCUT2D eigenvalue weighted by Gasteiger charge is 2.51. The molecule has 3 N–H and O–H groups in total. The fourth-order valence-corrected chi connectivity index (χ4v) is 5.96. The zero-order valence-corrected chi connectivity index (χ0v) is 14.0. The summed E-state index contributed by atoms with van der Waals surface area (Å²) >= 11 is 0. The summed E-state index contributed by atoms with van der Waals surface area (Å²) in [5.74, 6) is 3.27. The molecule has 0 aromatic heterocycles. The molecule has 6 rings (SSSR count). The molecule has 124 valence electrons. The van der Waals surface area contributed by atoms with Crippen molar-refractivity contribution < 1.29 is 0 Å². The Morgan fingerprint density at radius 1 is 0.917 bits per heavy atom. The molecule has 0 aliphatic heterocycles. The Morgan fingerprint density at radius 2 is 1.54 bits per heavy atom. The molecular formula is C21H25N3. The Hall–Kier alpha value is -2.03. The molecule has 3 heteroatoms. The fraction of sp³-hybridized carbons (Fsp3) is 0.476. The molecule has 4 aliphatic carbocycles. The average Bonchev–Trinajstić information content (AvgIpc) is 2.53. The minimum absolute atomic E-state index is 0.121. The molecule has 0 spiro atoms. The number of anilines is 1. The first-order valence-electron chi connectivity index (χ1n) is 9.29. The monoisotopic (exact) mass is 319 g/mol. The first-order valence-corrected chi connectivity index (χ1v) is 9.29. The molecule has 4 bridgehead atoms. The van der Waals surface area contributed by atoms with Gasteiger partial charge in [0.15, 0.2) is 5.96 Å². The summed E-state index contributed by atoms with van der Waals surface area (Å²) in [6.45, 7) is 0. The van der Waals surface area contributed by atoms with Crippen LogP contribution in [-0.2, 0) is 0 Å². The van der Waals surface area contributed by atoms with E-state index in [1.807, 2.05) is 0 Å². The molecule has 3 nitrogen and oxygen atoms in total. The Kier molecular flexibility index (Phi) is 3.12. The maximum absolute atomic E-state index is 6.36. The van der Waals surface area contributed by atoms with E-state index in [1.54, 1.807) is 0 Å². The minimum Gasteiger partial charge on any atom is -0.370 e. The summed E-state index contributed by atoms with van der Waals surface area (Å²) in [7, 11) is 0. The van der Waals surface area contributed by atoms with Gasteiger partial charge in [-0.25, -0.2) is 4.99 Å². The van der Waals surface area contributed by atoms with Crippen LogP contribution < -0.4 is 11.1 Å². The average molecular weight is 319 g/mol. The van der Waals surface area contributed by atoms with Crippen molar-refractivity contribution in [2.45, 2.75) is 44.1 Å². The van der Waals surface area contributed by atoms with Crippen LogP contribution in [0.25, 0.3) is 10.8 Å². The normalized spacial score (nSPS) is 34.7. The fourth-order valence-electron chi connectivity index (χ4n) is 5.96. The third-order valence-electron chi connectivity index (χ3n) is 6.42. The van der Waals surface area contributed by atoms with Gasteiger partial charge in [-0.1, -0.05) is 36.4 Å². The number of hydrogen-bond acceptors (Lipinski definition) is 1. The molecule has 0 radical (unpaired) electrons. The van der Waals surface area contributed by atoms with Crippen LogP contribution in [0.5, 0.6) is 0 Å². The molecule has 0 atom stereocenters. The third-order valence-corrected chi connectivity index (χ3v) is 6.42. The van der Waals surface area contributed by atoms with E-state index in [9.17, 15) is 0 Å². The van der Waals surface area contributed by atoms with Crippen molar-refractivity contribution in [3.63, 3.8) is 0 Å². The van der Waals surface area contributed by atoms with Gasteiger partial charge in [0.1, 0.15) is 0 Å². The predicted molar refractivity (Wildman–Crippen MR) is 100 cm³/mol. The lowest BCUT2D eigenvalue weighted by atomic mass is 9.53. The second-order valence-electron chi connectivity index (χ2n) is 8.29. The van der Waals surface area contributed by atoms with Gasteiger partial charge in [0, 0.05) is 11.1 Å². The molecular weight excluding hydrogens is 294 g/mol. The topological polar surface area (TPSA) is 50.4 Å². The Morgan fingerprint density at radius 3 is 2.25 bits per heavy atom. The van der Waals surface area contributed by atoms with Gasteiger partial charge in [-0.15, -0.1) is 0 Å². The maximum Gasteiger partial charge on any atom is 0.193 e. The van der Waals surface area contributed by atoms with Crippen LogP contribution in [0.4, 0.5) is 5.69 Å². The van der Waals surface area contributed by atoms with E-state index in [2.05, 4.69) is 47.8 Å². The summed E-state index contributed by atoms with van der Waals surface area (Å²) in [5.41, 5.74) is 7.53. The van der Waals surface area contributed by atoms with Crippen LogP contribution in [0.2, 0.25) is 0 Å². The molecule has 0 amide bonds. The van der Waals surface area contributed by atoms with Gasteiger partial charge in [0.2, 0.25) is 0 Å². The predicted octanol–water partition coefficient (Wildman–Crippen LogP) is 4.54. The molecule has 4 fully saturated rings. The minimum atomic E-state index is 0.121. The van der Waals surface area contributed by atoms with Crippen LogP contribution >= 0.6 is 0 Å². The number of nitrogens with two attached hydrogens (primary N) is 1. The zero-order valence-electron chi connectivity index (χ0n) is 14.0. The van der Waals surface area contributed by atoms with Gasteiger partial charge < -0.3 is 11.1 Å². The molecule has 4 aliphatic rings. The van der Waals surface area contributed by atoms with Crippen LogP contribution in [0.3, 0.4) is 0 Å². The van der Waals surface area contributed by atoms with Crippen LogP contribution in [0, 0.1) is 17.8 Å². The summed E-state index contributed by atoms with van der Waals surface area (Å²) < 4.78 is 0. The summed E-state index contributed by atoms with van der Waals surface area (Å²) in [5, 5.41) is 5.81. The number of guanidine groups is 1. The van der Waals surface area contributed by atoms with E-state index < -0.39 is 0 Å². The third kappa shape index (κ3) is 2.38. The largest absolute Gasteiger partial charge is 0.370 e. The highest BCUT2D eigenvalue weighted by Crippen LogP contribution is 2.57. The van der Waals surface area contributed by atoms with Crippen molar-refractivity contribution in [3.8, 4) is 0 Å². The van der Waals surface area contributed by atoms with Gasteiger partial charge in [-0.3, -0.25) is 0 Å². The maximum atomic E-state index is 6.36. The number of nitrogens with one attached hydrogen (secondary N) is 1. The standard InChI is InChI=1S/C21H25N3/c22-20(23-19-7-3-5-17-4-1-2-6-18(17)19)24-21-11-14-8-15(12-21)10-16(9-14)13-21/h1-7,14-16H,8-13H2,(H3,22,23,24). The van der Waals surface area contributed by atoms with E-state index in [0.29, 0.717) is 5.96 Å². The van der Waals surface area contributed by atoms with Crippen LogP contribution in [0.1, 0.15) is 38.5 Å². The highest BCUT2D eigenvalue weighted by atomic mass is 15.1. The lowest BCUT2D eigenvalue weighted by molar-refractivity contribution is 0.00164. The molecule has 4 saturated carbocycles. The second kappa shape index (κ2) is 5.23. The summed E-state index contributed by atoms with van der Waals surface area (Å²) in [6, 6.07) is 14.7. The van der Waals surface area contributed by atoms with Gasteiger partial charge in [-0.05, 0) is 67.7 Å². The summed E-state index contributed by atoms with van der Waals surface area (Å²) in [4.78, 5) is 5.05. The van der Waals surface area contributed by atoms with Crippen LogP contribution in [-0.4, -0.2) is 11.5 Å². The van der Waals surface area contributed by atoms with E-state index >= 15 is 0 Å². The number of hydrogen-bond donors (Lipinski definition) is 2. The Labute approximate surface area is 143 Å². The van der Waals surface area contributed by atoms with E-state index in [1.165, 1.54) is 49.3 Å².